The molecule has 0 aliphatic carbocycles. The van der Waals surface area contributed by atoms with Crippen LogP contribution in [0.2, 0.25) is 0 Å². The fraction of sp³-hybridized carbons (Fsp3) is 0.211. The third kappa shape index (κ3) is 3.03. The standard InChI is InChI=1S/C19H17FN4O/c20-10-13-11-24(12-13)15-6-8-21-17(9-15)19(25)23-16-5-1-3-14-4-2-7-22-18(14)16/h1-9,13H,10-12H2,(H,23,25). The lowest BCUT2D eigenvalue weighted by Gasteiger charge is -2.39. The second-order valence-corrected chi connectivity index (χ2v) is 6.16. The summed E-state index contributed by atoms with van der Waals surface area (Å²) in [4.78, 5) is 23.1. The van der Waals surface area contributed by atoms with Gasteiger partial charge in [0, 0.05) is 42.5 Å². The number of rotatable bonds is 4. The minimum atomic E-state index is -0.303. The number of alkyl halides is 1. The van der Waals surface area contributed by atoms with Gasteiger partial charge in [0.15, 0.2) is 0 Å². The fourth-order valence-corrected chi connectivity index (χ4v) is 3.01. The maximum atomic E-state index is 12.6. The summed E-state index contributed by atoms with van der Waals surface area (Å²) in [5.41, 5.74) is 2.61. The molecule has 0 bridgehead atoms. The predicted octanol–water partition coefficient (Wildman–Crippen LogP) is 3.29. The van der Waals surface area contributed by atoms with Gasteiger partial charge in [-0.1, -0.05) is 18.2 Å². The lowest BCUT2D eigenvalue weighted by molar-refractivity contribution is 0.102. The number of carbonyl (C=O) groups is 1. The summed E-state index contributed by atoms with van der Waals surface area (Å²) in [7, 11) is 0. The molecule has 1 saturated heterocycles. The molecule has 0 unspecified atom stereocenters. The van der Waals surface area contributed by atoms with E-state index in [0.717, 1.165) is 16.6 Å². The van der Waals surface area contributed by atoms with E-state index in [1.165, 1.54) is 0 Å². The minimum Gasteiger partial charge on any atom is -0.371 e. The highest BCUT2D eigenvalue weighted by Gasteiger charge is 2.27. The molecule has 1 aliphatic rings. The van der Waals surface area contributed by atoms with Gasteiger partial charge in [-0.15, -0.1) is 0 Å². The Morgan fingerprint density at radius 2 is 2.00 bits per heavy atom. The molecule has 1 N–H and O–H groups in total. The number of fused-ring (bicyclic) bond motifs is 1. The number of amides is 1. The first-order valence-corrected chi connectivity index (χ1v) is 8.16. The van der Waals surface area contributed by atoms with Crippen LogP contribution in [0.1, 0.15) is 10.5 Å². The highest BCUT2D eigenvalue weighted by molar-refractivity contribution is 6.07. The molecule has 25 heavy (non-hydrogen) atoms. The van der Waals surface area contributed by atoms with Crippen molar-refractivity contribution in [2.45, 2.75) is 0 Å². The number of para-hydroxylation sites is 1. The molecule has 3 heterocycles. The zero-order chi connectivity index (χ0) is 17.2. The van der Waals surface area contributed by atoms with E-state index in [4.69, 9.17) is 0 Å². The Hall–Kier alpha value is -3.02. The summed E-state index contributed by atoms with van der Waals surface area (Å²) in [6.45, 7) is 1.05. The molecular formula is C19H17FN4O. The molecular weight excluding hydrogens is 319 g/mol. The first kappa shape index (κ1) is 15.5. The van der Waals surface area contributed by atoms with E-state index in [2.05, 4.69) is 15.3 Å². The second-order valence-electron chi connectivity index (χ2n) is 6.16. The topological polar surface area (TPSA) is 58.1 Å². The molecule has 126 valence electrons. The van der Waals surface area contributed by atoms with Crippen molar-refractivity contribution in [3.05, 3.63) is 60.6 Å². The summed E-state index contributed by atoms with van der Waals surface area (Å²) in [6, 6.07) is 13.0. The van der Waals surface area contributed by atoms with E-state index in [9.17, 15) is 9.18 Å². The van der Waals surface area contributed by atoms with Gasteiger partial charge in [-0.25, -0.2) is 0 Å². The molecule has 0 radical (unpaired) electrons. The predicted molar refractivity (Wildman–Crippen MR) is 95.6 cm³/mol. The Labute approximate surface area is 144 Å². The van der Waals surface area contributed by atoms with Crippen LogP contribution in [-0.2, 0) is 0 Å². The van der Waals surface area contributed by atoms with E-state index in [1.807, 2.05) is 41.3 Å². The number of anilines is 2. The highest BCUT2D eigenvalue weighted by Crippen LogP contribution is 2.26. The quantitative estimate of drug-likeness (QED) is 0.794. The van der Waals surface area contributed by atoms with Gasteiger partial charge >= 0.3 is 0 Å². The zero-order valence-electron chi connectivity index (χ0n) is 13.5. The van der Waals surface area contributed by atoms with Gasteiger partial charge in [-0.2, -0.15) is 0 Å². The number of nitrogens with zero attached hydrogens (tertiary/aromatic N) is 3. The van der Waals surface area contributed by atoms with Crippen LogP contribution in [0.5, 0.6) is 0 Å². The summed E-state index contributed by atoms with van der Waals surface area (Å²) in [5.74, 6) is -0.199. The number of carbonyl (C=O) groups excluding carboxylic acids is 1. The zero-order valence-corrected chi connectivity index (χ0v) is 13.5. The van der Waals surface area contributed by atoms with Gasteiger partial charge < -0.3 is 10.2 Å². The maximum Gasteiger partial charge on any atom is 0.274 e. The monoisotopic (exact) mass is 336 g/mol. The molecule has 4 rings (SSSR count). The second kappa shape index (κ2) is 6.47. The van der Waals surface area contributed by atoms with Crippen molar-refractivity contribution < 1.29 is 9.18 Å². The Morgan fingerprint density at radius 3 is 2.84 bits per heavy atom. The lowest BCUT2D eigenvalue weighted by atomic mass is 10.0. The molecule has 2 aromatic heterocycles. The Kier molecular flexibility index (Phi) is 4.01. The third-order valence-electron chi connectivity index (χ3n) is 4.40. The van der Waals surface area contributed by atoms with Crippen molar-refractivity contribution in [1.29, 1.82) is 0 Å². The number of hydrogen-bond donors (Lipinski definition) is 1. The molecule has 0 spiro atoms. The Morgan fingerprint density at radius 1 is 1.16 bits per heavy atom. The first-order valence-electron chi connectivity index (χ1n) is 8.16. The van der Waals surface area contributed by atoms with Crippen LogP contribution in [0.3, 0.4) is 0 Å². The summed E-state index contributed by atoms with van der Waals surface area (Å²) < 4.78 is 12.6. The van der Waals surface area contributed by atoms with Crippen LogP contribution in [-0.4, -0.2) is 35.6 Å². The normalized spacial score (nSPS) is 14.4. The van der Waals surface area contributed by atoms with Gasteiger partial charge in [-0.3, -0.25) is 19.2 Å². The first-order chi connectivity index (χ1) is 12.2. The molecule has 5 nitrogen and oxygen atoms in total. The van der Waals surface area contributed by atoms with Crippen molar-refractivity contribution in [2.75, 3.05) is 30.0 Å². The minimum absolute atomic E-state index is 0.0900. The Bertz CT molecular complexity index is 919. The van der Waals surface area contributed by atoms with E-state index < -0.39 is 0 Å². The van der Waals surface area contributed by atoms with Crippen LogP contribution in [0.25, 0.3) is 10.9 Å². The van der Waals surface area contributed by atoms with Crippen molar-refractivity contribution in [3.63, 3.8) is 0 Å². The molecule has 1 aromatic carbocycles. The van der Waals surface area contributed by atoms with E-state index in [0.29, 0.717) is 24.5 Å². The maximum absolute atomic E-state index is 12.6. The van der Waals surface area contributed by atoms with Crippen LogP contribution in [0.15, 0.2) is 54.9 Å². The van der Waals surface area contributed by atoms with E-state index in [1.54, 1.807) is 18.5 Å². The average Bonchev–Trinajstić information content (AvgIpc) is 2.61. The lowest BCUT2D eigenvalue weighted by Crippen LogP contribution is -2.47. The number of aromatic nitrogens is 2. The SMILES string of the molecule is O=C(Nc1cccc2cccnc12)c1cc(N2CC(CF)C2)ccn1. The smallest absolute Gasteiger partial charge is 0.274 e. The summed E-state index contributed by atoms with van der Waals surface area (Å²) in [5, 5.41) is 3.84. The van der Waals surface area contributed by atoms with E-state index in [-0.39, 0.29) is 18.5 Å². The average molecular weight is 336 g/mol. The van der Waals surface area contributed by atoms with Crippen molar-refractivity contribution in [2.24, 2.45) is 5.92 Å². The van der Waals surface area contributed by atoms with Crippen LogP contribution in [0.4, 0.5) is 15.8 Å². The fourth-order valence-electron chi connectivity index (χ4n) is 3.01. The van der Waals surface area contributed by atoms with Crippen molar-refractivity contribution >= 4 is 28.2 Å². The number of nitrogens with one attached hydrogen (secondary N) is 1. The number of hydrogen-bond acceptors (Lipinski definition) is 4. The molecule has 0 saturated carbocycles. The van der Waals surface area contributed by atoms with E-state index >= 15 is 0 Å². The molecule has 6 heteroatoms. The van der Waals surface area contributed by atoms with Crippen molar-refractivity contribution in [3.8, 4) is 0 Å². The number of pyridine rings is 2. The number of halogens is 1. The molecule has 1 amide bonds. The summed E-state index contributed by atoms with van der Waals surface area (Å²) in [6.07, 6.45) is 3.30. The molecule has 1 fully saturated rings. The molecule has 1 aliphatic heterocycles. The van der Waals surface area contributed by atoms with Gasteiger partial charge in [0.2, 0.25) is 0 Å². The van der Waals surface area contributed by atoms with Crippen LogP contribution < -0.4 is 10.2 Å². The molecule has 0 atom stereocenters. The third-order valence-corrected chi connectivity index (χ3v) is 4.40. The van der Waals surface area contributed by atoms with Crippen molar-refractivity contribution in [1.82, 2.24) is 9.97 Å². The van der Waals surface area contributed by atoms with Crippen LogP contribution >= 0.6 is 0 Å². The van der Waals surface area contributed by atoms with Gasteiger partial charge in [0.1, 0.15) is 5.69 Å². The van der Waals surface area contributed by atoms with Gasteiger partial charge in [0.05, 0.1) is 17.9 Å². The van der Waals surface area contributed by atoms with Gasteiger partial charge in [-0.05, 0) is 24.3 Å². The molecule has 3 aromatic rings. The highest BCUT2D eigenvalue weighted by atomic mass is 19.1. The van der Waals surface area contributed by atoms with Gasteiger partial charge in [0.25, 0.3) is 5.91 Å². The van der Waals surface area contributed by atoms with Crippen LogP contribution in [0, 0.1) is 5.92 Å². The summed E-state index contributed by atoms with van der Waals surface area (Å²) >= 11 is 0. The number of benzene rings is 1. The Balaban J connectivity index is 1.55. The largest absolute Gasteiger partial charge is 0.371 e.